The number of nitrogens with one attached hydrogen (secondary N) is 1. The van der Waals surface area contributed by atoms with E-state index in [0.717, 1.165) is 19.4 Å². The van der Waals surface area contributed by atoms with Crippen LogP contribution in [0.4, 0.5) is 0 Å². The molecule has 0 aromatic heterocycles. The Labute approximate surface area is 103 Å². The molecule has 1 heterocycles. The van der Waals surface area contributed by atoms with Gasteiger partial charge in [-0.3, -0.25) is 9.59 Å². The van der Waals surface area contributed by atoms with Gasteiger partial charge in [-0.05, 0) is 25.7 Å². The van der Waals surface area contributed by atoms with E-state index in [2.05, 4.69) is 5.32 Å². The molecule has 1 aliphatic rings. The van der Waals surface area contributed by atoms with Crippen molar-refractivity contribution in [1.29, 1.82) is 0 Å². The summed E-state index contributed by atoms with van der Waals surface area (Å²) < 4.78 is 0. The third-order valence-corrected chi connectivity index (χ3v) is 3.31. The largest absolute Gasteiger partial charge is 0.346 e. The molecule has 5 nitrogen and oxygen atoms in total. The Balaban J connectivity index is 2.35. The molecule has 1 fully saturated rings. The standard InChI is InChI=1S/C12H23N3O2/c1-8(2)11(13)12(17)14-7-10(16)15-6-4-5-9(15)3/h8-9,11H,4-7,13H2,1-3H3,(H,14,17)/t9?,11-/m0/s1. The topological polar surface area (TPSA) is 75.4 Å². The fraction of sp³-hybridized carbons (Fsp3) is 0.833. The van der Waals surface area contributed by atoms with Gasteiger partial charge in [0.25, 0.3) is 0 Å². The first-order valence-electron chi connectivity index (χ1n) is 6.26. The molecule has 0 aliphatic carbocycles. The van der Waals surface area contributed by atoms with E-state index in [0.29, 0.717) is 0 Å². The van der Waals surface area contributed by atoms with Crippen molar-refractivity contribution >= 4 is 11.8 Å². The fourth-order valence-corrected chi connectivity index (χ4v) is 1.99. The lowest BCUT2D eigenvalue weighted by Crippen LogP contribution is -2.48. The molecule has 3 N–H and O–H groups in total. The number of carbonyl (C=O) groups excluding carboxylic acids is 2. The third-order valence-electron chi connectivity index (χ3n) is 3.31. The first-order chi connectivity index (χ1) is 7.93. The first kappa shape index (κ1) is 14.0. The Hall–Kier alpha value is -1.10. The lowest BCUT2D eigenvalue weighted by molar-refractivity contribution is -0.133. The second-order valence-electron chi connectivity index (χ2n) is 5.07. The Kier molecular flexibility index (Phi) is 4.93. The fourth-order valence-electron chi connectivity index (χ4n) is 1.99. The summed E-state index contributed by atoms with van der Waals surface area (Å²) in [6, 6.07) is -0.253. The minimum atomic E-state index is -0.543. The van der Waals surface area contributed by atoms with E-state index in [-0.39, 0.29) is 30.3 Å². The Morgan fingerprint density at radius 2 is 2.12 bits per heavy atom. The van der Waals surface area contributed by atoms with E-state index in [4.69, 9.17) is 5.73 Å². The Bertz CT molecular complexity index is 291. The van der Waals surface area contributed by atoms with Crippen molar-refractivity contribution in [3.63, 3.8) is 0 Å². The van der Waals surface area contributed by atoms with Crippen molar-refractivity contribution in [2.24, 2.45) is 11.7 Å². The van der Waals surface area contributed by atoms with Gasteiger partial charge in [0.05, 0.1) is 12.6 Å². The maximum Gasteiger partial charge on any atom is 0.242 e. The molecule has 0 spiro atoms. The highest BCUT2D eigenvalue weighted by molar-refractivity contribution is 5.87. The van der Waals surface area contributed by atoms with Crippen LogP contribution in [-0.4, -0.2) is 41.9 Å². The van der Waals surface area contributed by atoms with Crippen LogP contribution in [0.15, 0.2) is 0 Å². The van der Waals surface area contributed by atoms with Crippen molar-refractivity contribution in [1.82, 2.24) is 10.2 Å². The predicted octanol–water partition coefficient (Wildman–Crippen LogP) is 0.0968. The summed E-state index contributed by atoms with van der Waals surface area (Å²) in [6.07, 6.45) is 2.09. The van der Waals surface area contributed by atoms with Crippen LogP contribution in [0, 0.1) is 5.92 Å². The average molecular weight is 241 g/mol. The smallest absolute Gasteiger partial charge is 0.242 e. The predicted molar refractivity (Wildman–Crippen MR) is 66.2 cm³/mol. The summed E-state index contributed by atoms with van der Waals surface area (Å²) in [5.41, 5.74) is 5.69. The minimum Gasteiger partial charge on any atom is -0.346 e. The van der Waals surface area contributed by atoms with Gasteiger partial charge in [-0.25, -0.2) is 0 Å². The zero-order valence-electron chi connectivity index (χ0n) is 10.9. The number of nitrogens with two attached hydrogens (primary N) is 1. The van der Waals surface area contributed by atoms with Gasteiger partial charge in [-0.15, -0.1) is 0 Å². The van der Waals surface area contributed by atoms with Gasteiger partial charge < -0.3 is 16.0 Å². The zero-order valence-corrected chi connectivity index (χ0v) is 10.9. The van der Waals surface area contributed by atoms with Crippen molar-refractivity contribution in [2.45, 2.75) is 45.7 Å². The van der Waals surface area contributed by atoms with E-state index >= 15 is 0 Å². The maximum absolute atomic E-state index is 11.8. The van der Waals surface area contributed by atoms with Crippen molar-refractivity contribution in [3.8, 4) is 0 Å². The molecule has 0 aromatic carbocycles. The van der Waals surface area contributed by atoms with E-state index in [9.17, 15) is 9.59 Å². The van der Waals surface area contributed by atoms with Crippen LogP contribution < -0.4 is 11.1 Å². The number of likely N-dealkylation sites (tertiary alicyclic amines) is 1. The summed E-state index contributed by atoms with van der Waals surface area (Å²) in [5, 5.41) is 2.61. The Morgan fingerprint density at radius 3 is 2.59 bits per heavy atom. The summed E-state index contributed by atoms with van der Waals surface area (Å²) in [5.74, 6) is -0.185. The van der Waals surface area contributed by atoms with Gasteiger partial charge in [-0.2, -0.15) is 0 Å². The molecule has 1 saturated heterocycles. The van der Waals surface area contributed by atoms with Gasteiger partial charge in [0.2, 0.25) is 11.8 Å². The van der Waals surface area contributed by atoms with Crippen molar-refractivity contribution in [3.05, 3.63) is 0 Å². The average Bonchev–Trinajstić information content (AvgIpc) is 2.70. The number of nitrogens with zero attached hydrogens (tertiary/aromatic N) is 1. The van der Waals surface area contributed by atoms with Crippen molar-refractivity contribution < 1.29 is 9.59 Å². The molecule has 17 heavy (non-hydrogen) atoms. The van der Waals surface area contributed by atoms with Gasteiger partial charge >= 0.3 is 0 Å². The van der Waals surface area contributed by atoms with Gasteiger partial charge in [0, 0.05) is 12.6 Å². The van der Waals surface area contributed by atoms with E-state index in [1.165, 1.54) is 0 Å². The van der Waals surface area contributed by atoms with Crippen LogP contribution in [0.2, 0.25) is 0 Å². The zero-order chi connectivity index (χ0) is 13.0. The molecular weight excluding hydrogens is 218 g/mol. The van der Waals surface area contributed by atoms with Crippen LogP contribution in [-0.2, 0) is 9.59 Å². The molecule has 0 aromatic rings. The first-order valence-corrected chi connectivity index (χ1v) is 6.26. The Morgan fingerprint density at radius 1 is 1.47 bits per heavy atom. The molecule has 2 amide bonds. The quantitative estimate of drug-likeness (QED) is 0.733. The van der Waals surface area contributed by atoms with Crippen LogP contribution in [0.1, 0.15) is 33.6 Å². The molecular formula is C12H23N3O2. The third kappa shape index (κ3) is 3.70. The molecule has 0 radical (unpaired) electrons. The van der Waals surface area contributed by atoms with Crippen LogP contribution in [0.5, 0.6) is 0 Å². The van der Waals surface area contributed by atoms with Crippen LogP contribution >= 0.6 is 0 Å². The van der Waals surface area contributed by atoms with Crippen molar-refractivity contribution in [2.75, 3.05) is 13.1 Å². The number of rotatable bonds is 4. The highest BCUT2D eigenvalue weighted by Gasteiger charge is 2.25. The number of hydrogen-bond acceptors (Lipinski definition) is 3. The molecule has 5 heteroatoms. The highest BCUT2D eigenvalue weighted by Crippen LogP contribution is 2.15. The molecule has 98 valence electrons. The number of amides is 2. The number of carbonyl (C=O) groups is 2. The SMILES string of the molecule is CC(C)[C@H](N)C(=O)NCC(=O)N1CCCC1C. The lowest BCUT2D eigenvalue weighted by Gasteiger charge is -2.22. The molecule has 0 bridgehead atoms. The molecule has 2 atom stereocenters. The molecule has 0 saturated carbocycles. The van der Waals surface area contributed by atoms with Gasteiger partial charge in [0.15, 0.2) is 0 Å². The monoisotopic (exact) mass is 241 g/mol. The van der Waals surface area contributed by atoms with E-state index in [1.807, 2.05) is 25.7 Å². The summed E-state index contributed by atoms with van der Waals surface area (Å²) >= 11 is 0. The van der Waals surface area contributed by atoms with Gasteiger partial charge in [-0.1, -0.05) is 13.8 Å². The second-order valence-corrected chi connectivity index (χ2v) is 5.07. The van der Waals surface area contributed by atoms with E-state index < -0.39 is 6.04 Å². The van der Waals surface area contributed by atoms with E-state index in [1.54, 1.807) is 0 Å². The maximum atomic E-state index is 11.8. The van der Waals surface area contributed by atoms with Crippen LogP contribution in [0.3, 0.4) is 0 Å². The molecule has 1 rings (SSSR count). The summed E-state index contributed by atoms with van der Waals surface area (Å²) in [6.45, 7) is 6.66. The van der Waals surface area contributed by atoms with Gasteiger partial charge in [0.1, 0.15) is 0 Å². The number of hydrogen-bond donors (Lipinski definition) is 2. The summed E-state index contributed by atoms with van der Waals surface area (Å²) in [7, 11) is 0. The normalized spacial score (nSPS) is 21.7. The van der Waals surface area contributed by atoms with Crippen LogP contribution in [0.25, 0.3) is 0 Å². The second kappa shape index (κ2) is 6.00. The highest BCUT2D eigenvalue weighted by atomic mass is 16.2. The lowest BCUT2D eigenvalue weighted by atomic mass is 10.1. The summed E-state index contributed by atoms with van der Waals surface area (Å²) in [4.78, 5) is 25.2. The molecule has 1 unspecified atom stereocenters. The molecule has 1 aliphatic heterocycles. The minimum absolute atomic E-state index is 0.0145.